The number of carbonyl (C=O) groups excluding carboxylic acids is 1. The quantitative estimate of drug-likeness (QED) is 0.633. The van der Waals surface area contributed by atoms with Crippen molar-refractivity contribution < 1.29 is 4.79 Å². The Labute approximate surface area is 72.9 Å². The molecule has 1 aliphatic heterocycles. The van der Waals surface area contributed by atoms with Gasteiger partial charge in [-0.1, -0.05) is 0 Å². The third kappa shape index (κ3) is 1.04. The van der Waals surface area contributed by atoms with Crippen molar-refractivity contribution in [2.75, 3.05) is 13.1 Å². The van der Waals surface area contributed by atoms with E-state index in [1.807, 2.05) is 0 Å². The van der Waals surface area contributed by atoms with E-state index in [9.17, 15) is 4.79 Å². The highest BCUT2D eigenvalue weighted by molar-refractivity contribution is 5.80. The lowest BCUT2D eigenvalue weighted by molar-refractivity contribution is -0.120. The molecule has 0 aromatic rings. The highest BCUT2D eigenvalue weighted by Crippen LogP contribution is 2.51. The average Bonchev–Trinajstić information content (AvgIpc) is 2.48. The maximum absolute atomic E-state index is 10.9. The summed E-state index contributed by atoms with van der Waals surface area (Å²) in [5.41, 5.74) is 5.25. The van der Waals surface area contributed by atoms with Crippen LogP contribution in [0.5, 0.6) is 0 Å². The Hall–Kier alpha value is -0.570. The van der Waals surface area contributed by atoms with Gasteiger partial charge in [0.05, 0.1) is 0 Å². The van der Waals surface area contributed by atoms with Gasteiger partial charge in [-0.2, -0.15) is 0 Å². The van der Waals surface area contributed by atoms with Gasteiger partial charge in [0.25, 0.3) is 0 Å². The molecule has 0 spiro atoms. The standard InChI is InChI=1S/C9H16N2O/c1-5(2)11-3-6-7(4-11)8(6)9(10)12/h5-8H,3-4H2,1-2H3,(H2,10,12)/t6-,7+,8?. The molecule has 0 bridgehead atoms. The molecular formula is C9H16N2O. The molecule has 3 nitrogen and oxygen atoms in total. The fraction of sp³-hybridized carbons (Fsp3) is 0.889. The van der Waals surface area contributed by atoms with Crippen LogP contribution in [-0.4, -0.2) is 29.9 Å². The van der Waals surface area contributed by atoms with Crippen LogP contribution in [0.1, 0.15) is 13.8 Å². The summed E-state index contributed by atoms with van der Waals surface area (Å²) in [6, 6.07) is 0.617. The number of nitrogens with zero attached hydrogens (tertiary/aromatic N) is 1. The monoisotopic (exact) mass is 168 g/mol. The fourth-order valence-electron chi connectivity index (χ4n) is 2.40. The topological polar surface area (TPSA) is 46.3 Å². The van der Waals surface area contributed by atoms with Crippen LogP contribution >= 0.6 is 0 Å². The second-order valence-corrected chi connectivity index (χ2v) is 4.30. The first-order chi connectivity index (χ1) is 5.61. The summed E-state index contributed by atoms with van der Waals surface area (Å²) >= 11 is 0. The van der Waals surface area contributed by atoms with Crippen LogP contribution in [0.2, 0.25) is 0 Å². The lowest BCUT2D eigenvalue weighted by atomic mass is 10.2. The van der Waals surface area contributed by atoms with Crippen LogP contribution in [0.25, 0.3) is 0 Å². The van der Waals surface area contributed by atoms with Gasteiger partial charge < -0.3 is 10.6 Å². The summed E-state index contributed by atoms with van der Waals surface area (Å²) in [6.45, 7) is 6.56. The molecule has 1 unspecified atom stereocenters. The second kappa shape index (κ2) is 2.46. The fourth-order valence-corrected chi connectivity index (χ4v) is 2.40. The maximum Gasteiger partial charge on any atom is 0.221 e. The van der Waals surface area contributed by atoms with Gasteiger partial charge in [-0.3, -0.25) is 4.79 Å². The van der Waals surface area contributed by atoms with E-state index >= 15 is 0 Å². The highest BCUT2D eigenvalue weighted by atomic mass is 16.1. The van der Waals surface area contributed by atoms with E-state index in [0.29, 0.717) is 17.9 Å². The number of likely N-dealkylation sites (tertiary alicyclic amines) is 1. The van der Waals surface area contributed by atoms with Gasteiger partial charge in [-0.25, -0.2) is 0 Å². The summed E-state index contributed by atoms with van der Waals surface area (Å²) in [4.78, 5) is 13.3. The Morgan fingerprint density at radius 3 is 2.25 bits per heavy atom. The van der Waals surface area contributed by atoms with Crippen LogP contribution in [-0.2, 0) is 4.79 Å². The van der Waals surface area contributed by atoms with Crippen LogP contribution < -0.4 is 5.73 Å². The minimum atomic E-state index is -0.0894. The van der Waals surface area contributed by atoms with Crippen molar-refractivity contribution >= 4 is 5.91 Å². The van der Waals surface area contributed by atoms with Crippen molar-refractivity contribution in [3.05, 3.63) is 0 Å². The molecule has 3 atom stereocenters. The zero-order valence-corrected chi connectivity index (χ0v) is 7.66. The lowest BCUT2D eigenvalue weighted by Gasteiger charge is -2.22. The van der Waals surface area contributed by atoms with Crippen LogP contribution in [0.15, 0.2) is 0 Å². The molecule has 2 rings (SSSR count). The Morgan fingerprint density at radius 1 is 1.42 bits per heavy atom. The minimum absolute atomic E-state index is 0.0894. The zero-order valence-electron chi connectivity index (χ0n) is 7.66. The normalized spacial score (nSPS) is 40.1. The minimum Gasteiger partial charge on any atom is -0.369 e. The molecule has 1 saturated carbocycles. The van der Waals surface area contributed by atoms with Gasteiger partial charge in [0.1, 0.15) is 0 Å². The third-order valence-electron chi connectivity index (χ3n) is 3.28. The SMILES string of the molecule is CC(C)N1C[C@@H]2C(C(N)=O)[C@@H]2C1. The molecule has 2 N–H and O–H groups in total. The molecule has 1 saturated heterocycles. The van der Waals surface area contributed by atoms with Crippen molar-refractivity contribution in [2.24, 2.45) is 23.5 Å². The summed E-state index contributed by atoms with van der Waals surface area (Å²) < 4.78 is 0. The first-order valence-corrected chi connectivity index (χ1v) is 4.64. The number of primary amides is 1. The molecule has 12 heavy (non-hydrogen) atoms. The second-order valence-electron chi connectivity index (χ2n) is 4.30. The molecule has 1 amide bonds. The van der Waals surface area contributed by atoms with Gasteiger partial charge in [-0.15, -0.1) is 0 Å². The number of nitrogens with two attached hydrogens (primary N) is 1. The van der Waals surface area contributed by atoms with E-state index in [1.165, 1.54) is 0 Å². The van der Waals surface area contributed by atoms with Crippen molar-refractivity contribution in [3.63, 3.8) is 0 Å². The number of carbonyl (C=O) groups is 1. The van der Waals surface area contributed by atoms with E-state index in [0.717, 1.165) is 13.1 Å². The average molecular weight is 168 g/mol. The van der Waals surface area contributed by atoms with Crippen LogP contribution in [0, 0.1) is 17.8 Å². The van der Waals surface area contributed by atoms with Crippen molar-refractivity contribution in [3.8, 4) is 0 Å². The van der Waals surface area contributed by atoms with Crippen LogP contribution in [0.3, 0.4) is 0 Å². The van der Waals surface area contributed by atoms with Gasteiger partial charge in [0.2, 0.25) is 5.91 Å². The Morgan fingerprint density at radius 2 is 1.92 bits per heavy atom. The predicted molar refractivity (Wildman–Crippen MR) is 46.4 cm³/mol. The Bertz CT molecular complexity index is 203. The molecule has 1 aliphatic carbocycles. The van der Waals surface area contributed by atoms with Crippen molar-refractivity contribution in [1.82, 2.24) is 4.90 Å². The largest absolute Gasteiger partial charge is 0.369 e. The molecule has 2 aliphatic rings. The first kappa shape index (κ1) is 8.05. The molecule has 1 heterocycles. The predicted octanol–water partition coefficient (Wildman–Crippen LogP) is 0.0579. The first-order valence-electron chi connectivity index (χ1n) is 4.64. The lowest BCUT2D eigenvalue weighted by Crippen LogP contribution is -2.33. The molecular weight excluding hydrogens is 152 g/mol. The van der Waals surface area contributed by atoms with E-state index in [-0.39, 0.29) is 11.8 Å². The summed E-state index contributed by atoms with van der Waals surface area (Å²) in [5.74, 6) is 1.29. The van der Waals surface area contributed by atoms with E-state index in [4.69, 9.17) is 5.73 Å². The number of piperidine rings is 1. The van der Waals surface area contributed by atoms with Crippen LogP contribution in [0.4, 0.5) is 0 Å². The van der Waals surface area contributed by atoms with Gasteiger partial charge in [0.15, 0.2) is 0 Å². The molecule has 2 fully saturated rings. The summed E-state index contributed by atoms with van der Waals surface area (Å²) in [5, 5.41) is 0. The Balaban J connectivity index is 1.90. The third-order valence-corrected chi connectivity index (χ3v) is 3.28. The smallest absolute Gasteiger partial charge is 0.221 e. The highest BCUT2D eigenvalue weighted by Gasteiger charge is 2.58. The number of rotatable bonds is 2. The maximum atomic E-state index is 10.9. The molecule has 0 aromatic heterocycles. The summed E-state index contributed by atoms with van der Waals surface area (Å²) in [7, 11) is 0. The summed E-state index contributed by atoms with van der Waals surface area (Å²) in [6.07, 6.45) is 0. The number of amides is 1. The molecule has 68 valence electrons. The van der Waals surface area contributed by atoms with Gasteiger partial charge in [-0.05, 0) is 25.7 Å². The molecule has 3 heteroatoms. The zero-order chi connectivity index (χ0) is 8.88. The van der Waals surface area contributed by atoms with Crippen molar-refractivity contribution in [1.29, 1.82) is 0 Å². The number of hydrogen-bond donors (Lipinski definition) is 1. The van der Waals surface area contributed by atoms with E-state index in [2.05, 4.69) is 18.7 Å². The Kier molecular flexibility index (Phi) is 1.65. The van der Waals surface area contributed by atoms with Crippen molar-refractivity contribution in [2.45, 2.75) is 19.9 Å². The van der Waals surface area contributed by atoms with Gasteiger partial charge >= 0.3 is 0 Å². The van der Waals surface area contributed by atoms with Gasteiger partial charge in [0, 0.05) is 25.0 Å². The number of fused-ring (bicyclic) bond motifs is 1. The van der Waals surface area contributed by atoms with E-state index in [1.54, 1.807) is 0 Å². The number of hydrogen-bond acceptors (Lipinski definition) is 2. The van der Waals surface area contributed by atoms with E-state index < -0.39 is 0 Å². The molecule has 0 aromatic carbocycles. The molecule has 0 radical (unpaired) electrons.